The molecule has 4 bridgehead atoms. The van der Waals surface area contributed by atoms with Crippen LogP contribution in [0.5, 0.6) is 0 Å². The molecule has 0 N–H and O–H groups in total. The van der Waals surface area contributed by atoms with Crippen molar-refractivity contribution in [2.75, 3.05) is 9.80 Å². The number of aryl methyl sites for hydroxylation is 2. The number of anilines is 2. The zero-order valence-electron chi connectivity index (χ0n) is 25.1. The van der Waals surface area contributed by atoms with E-state index in [1.165, 1.54) is 13.8 Å². The summed E-state index contributed by atoms with van der Waals surface area (Å²) in [6.07, 6.45) is -3.43. The fourth-order valence-electron chi connectivity index (χ4n) is 9.43. The Balaban J connectivity index is 1.27. The predicted octanol–water partition coefficient (Wildman–Crippen LogP) is 6.34. The summed E-state index contributed by atoms with van der Waals surface area (Å²) in [5.41, 5.74) is -7.50. The fourth-order valence-corrected chi connectivity index (χ4v) is 9.43. The van der Waals surface area contributed by atoms with Crippen LogP contribution in [0.4, 0.5) is 37.7 Å². The van der Waals surface area contributed by atoms with Gasteiger partial charge in [-0.05, 0) is 84.7 Å². The maximum atomic E-state index is 15.3. The molecule has 0 aromatic heterocycles. The van der Waals surface area contributed by atoms with Crippen LogP contribution in [0.2, 0.25) is 0 Å². The number of hydrogen-bond acceptors (Lipinski definition) is 4. The van der Waals surface area contributed by atoms with Crippen LogP contribution in [-0.4, -0.2) is 36.0 Å². The fraction of sp³-hybridized carbons (Fsp3) is 0.429. The Morgan fingerprint density at radius 2 is 0.830 bits per heavy atom. The summed E-state index contributed by atoms with van der Waals surface area (Å²) in [7, 11) is 0. The van der Waals surface area contributed by atoms with Crippen LogP contribution in [-0.2, 0) is 24.6 Å². The van der Waals surface area contributed by atoms with Crippen LogP contribution in [0, 0.1) is 61.2 Å². The van der Waals surface area contributed by atoms with Crippen molar-refractivity contribution in [2.45, 2.75) is 44.5 Å². The van der Waals surface area contributed by atoms with Gasteiger partial charge in [-0.3, -0.25) is 19.2 Å². The van der Waals surface area contributed by atoms with Crippen LogP contribution in [0.25, 0.3) is 0 Å². The van der Waals surface area contributed by atoms with E-state index < -0.39 is 76.2 Å². The molecule has 2 heterocycles. The van der Waals surface area contributed by atoms with Gasteiger partial charge >= 0.3 is 12.4 Å². The van der Waals surface area contributed by atoms with Gasteiger partial charge in [0.15, 0.2) is 0 Å². The number of hydrogen-bond donors (Lipinski definition) is 0. The maximum Gasteiger partial charge on any atom is 0.411 e. The second-order valence-corrected chi connectivity index (χ2v) is 13.8. The Hall–Kier alpha value is -4.22. The van der Waals surface area contributed by atoms with Gasteiger partial charge in [-0.25, -0.2) is 9.80 Å². The van der Waals surface area contributed by atoms with Crippen molar-refractivity contribution < 1.29 is 45.5 Å². The van der Waals surface area contributed by atoms with E-state index in [-0.39, 0.29) is 46.2 Å². The molecular formula is C35H28F6N2O4. The number of amides is 4. The second kappa shape index (κ2) is 9.44. The van der Waals surface area contributed by atoms with E-state index in [2.05, 4.69) is 0 Å². The number of rotatable bonds is 4. The lowest BCUT2D eigenvalue weighted by Gasteiger charge is -2.39. The predicted molar refractivity (Wildman–Crippen MR) is 156 cm³/mol. The second-order valence-electron chi connectivity index (χ2n) is 13.8. The van der Waals surface area contributed by atoms with Gasteiger partial charge in [0.05, 0.1) is 35.0 Å². The number of carbonyl (C=O) groups excluding carboxylic acids is 4. The molecular weight excluding hydrogens is 626 g/mol. The lowest BCUT2D eigenvalue weighted by Crippen LogP contribution is -2.55. The molecule has 4 aliphatic carbocycles. The summed E-state index contributed by atoms with van der Waals surface area (Å²) in [5, 5.41) is 0. The summed E-state index contributed by atoms with van der Waals surface area (Å²) in [6.45, 7) is 2.83. The third kappa shape index (κ3) is 3.69. The zero-order valence-corrected chi connectivity index (χ0v) is 25.1. The standard InChI is InChI=1S/C35H28F6N2O4/c1-15-3-9-21(13-23(15)42-29(44)25-17-5-6-18(11-17)26(25)30(42)45)33(34(36,37)38,35(39,40)41)22-10-4-16(2)24(14-22)43-31(46)27-19-7-8-20(12-19)28(27)32(43)47/h3-10,13-14,17-20,25-28H,11-12H2,1-2H3. The van der Waals surface area contributed by atoms with Crippen LogP contribution in [0.3, 0.4) is 0 Å². The monoisotopic (exact) mass is 654 g/mol. The first kappa shape index (κ1) is 30.1. The molecule has 2 aliphatic heterocycles. The molecule has 6 nitrogen and oxygen atoms in total. The molecule has 2 saturated carbocycles. The van der Waals surface area contributed by atoms with Crippen molar-refractivity contribution in [1.29, 1.82) is 0 Å². The van der Waals surface area contributed by atoms with Gasteiger partial charge in [0.1, 0.15) is 0 Å². The number of alkyl halides is 6. The molecule has 4 amide bonds. The number of nitrogens with zero attached hydrogens (tertiary/aromatic N) is 2. The Labute approximate surface area is 265 Å². The molecule has 4 fully saturated rings. The molecule has 6 aliphatic rings. The van der Waals surface area contributed by atoms with Crippen LogP contribution >= 0.6 is 0 Å². The van der Waals surface area contributed by atoms with E-state index in [1.807, 2.05) is 24.3 Å². The van der Waals surface area contributed by atoms with Crippen LogP contribution in [0.1, 0.15) is 35.1 Å². The van der Waals surface area contributed by atoms with Crippen molar-refractivity contribution in [3.63, 3.8) is 0 Å². The molecule has 0 radical (unpaired) electrons. The minimum atomic E-state index is -5.98. The molecule has 2 aromatic carbocycles. The van der Waals surface area contributed by atoms with E-state index in [4.69, 9.17) is 0 Å². The number of imide groups is 2. The molecule has 0 spiro atoms. The molecule has 47 heavy (non-hydrogen) atoms. The SMILES string of the molecule is Cc1ccc(C(c2ccc(C)c(N3C(=O)C4C5C=CC(C5)C4C3=O)c2)(C(F)(F)F)C(F)(F)F)cc1N1C(=O)C2C3C=CC(C3)C2C1=O. The van der Waals surface area contributed by atoms with Gasteiger partial charge in [-0.1, -0.05) is 48.6 Å². The van der Waals surface area contributed by atoms with Gasteiger partial charge in [-0.15, -0.1) is 0 Å². The number of carbonyl (C=O) groups is 4. The summed E-state index contributed by atoms with van der Waals surface area (Å²) in [5.74, 6) is -6.27. The minimum Gasteiger partial charge on any atom is -0.274 e. The highest BCUT2D eigenvalue weighted by molar-refractivity contribution is 6.24. The van der Waals surface area contributed by atoms with Crippen molar-refractivity contribution in [3.05, 3.63) is 83.0 Å². The van der Waals surface area contributed by atoms with E-state index in [0.717, 1.165) is 21.9 Å². The Morgan fingerprint density at radius 1 is 0.532 bits per heavy atom. The van der Waals surface area contributed by atoms with E-state index in [1.54, 1.807) is 0 Å². The maximum absolute atomic E-state index is 15.3. The highest BCUT2D eigenvalue weighted by Gasteiger charge is 2.73. The minimum absolute atomic E-state index is 0.154. The van der Waals surface area contributed by atoms with Crippen molar-refractivity contribution in [3.8, 4) is 0 Å². The lowest BCUT2D eigenvalue weighted by molar-refractivity contribution is -0.288. The molecule has 2 aromatic rings. The highest BCUT2D eigenvalue weighted by Crippen LogP contribution is 2.59. The molecule has 2 saturated heterocycles. The van der Waals surface area contributed by atoms with Gasteiger partial charge in [0.2, 0.25) is 29.0 Å². The summed E-state index contributed by atoms with van der Waals surface area (Å²) in [4.78, 5) is 55.7. The number of halogens is 6. The average molecular weight is 655 g/mol. The Bertz CT molecular complexity index is 1670. The van der Waals surface area contributed by atoms with Crippen molar-refractivity contribution in [2.24, 2.45) is 47.3 Å². The normalized spacial score (nSPS) is 32.4. The van der Waals surface area contributed by atoms with E-state index in [0.29, 0.717) is 37.1 Å². The Kier molecular flexibility index (Phi) is 6.05. The van der Waals surface area contributed by atoms with Gasteiger partial charge < -0.3 is 0 Å². The average Bonchev–Trinajstić information content (AvgIpc) is 3.83. The molecule has 8 atom stereocenters. The van der Waals surface area contributed by atoms with Gasteiger partial charge in [0, 0.05) is 0 Å². The third-order valence-electron chi connectivity index (χ3n) is 11.6. The number of fused-ring (bicyclic) bond motifs is 10. The first-order chi connectivity index (χ1) is 22.1. The number of benzene rings is 2. The lowest BCUT2D eigenvalue weighted by atomic mass is 9.72. The van der Waals surface area contributed by atoms with E-state index in [9.17, 15) is 19.2 Å². The zero-order chi connectivity index (χ0) is 33.5. The molecule has 8 rings (SSSR count). The first-order valence-electron chi connectivity index (χ1n) is 15.6. The van der Waals surface area contributed by atoms with Gasteiger partial charge in [0.25, 0.3) is 0 Å². The van der Waals surface area contributed by atoms with Crippen molar-refractivity contribution in [1.82, 2.24) is 0 Å². The molecule has 8 unspecified atom stereocenters. The first-order valence-corrected chi connectivity index (χ1v) is 15.6. The molecule has 244 valence electrons. The Morgan fingerprint density at radius 3 is 1.11 bits per heavy atom. The summed E-state index contributed by atoms with van der Waals surface area (Å²) >= 11 is 0. The molecule has 12 heteroatoms. The van der Waals surface area contributed by atoms with Gasteiger partial charge in [-0.2, -0.15) is 26.3 Å². The number of allylic oxidation sites excluding steroid dienone is 4. The van der Waals surface area contributed by atoms with Crippen LogP contribution in [0.15, 0.2) is 60.7 Å². The summed E-state index contributed by atoms with van der Waals surface area (Å²) < 4.78 is 92.0. The van der Waals surface area contributed by atoms with Crippen molar-refractivity contribution >= 4 is 35.0 Å². The van der Waals surface area contributed by atoms with E-state index >= 15 is 26.3 Å². The smallest absolute Gasteiger partial charge is 0.274 e. The summed E-state index contributed by atoms with van der Waals surface area (Å²) in [6, 6.07) is 4.78. The quantitative estimate of drug-likeness (QED) is 0.219. The largest absolute Gasteiger partial charge is 0.411 e. The topological polar surface area (TPSA) is 74.8 Å². The third-order valence-corrected chi connectivity index (χ3v) is 11.6. The van der Waals surface area contributed by atoms with Crippen LogP contribution < -0.4 is 9.80 Å². The highest BCUT2D eigenvalue weighted by atomic mass is 19.4.